The lowest BCUT2D eigenvalue weighted by Crippen LogP contribution is -2.06. The number of nitrogens with zero attached hydrogens (tertiary/aromatic N) is 1. The zero-order chi connectivity index (χ0) is 13.1. The summed E-state index contributed by atoms with van der Waals surface area (Å²) in [5, 5.41) is 11.1. The second-order valence-electron chi connectivity index (χ2n) is 4.42. The Labute approximate surface area is 111 Å². The Balaban J connectivity index is 2.40. The number of rotatable bonds is 4. The van der Waals surface area contributed by atoms with Crippen molar-refractivity contribution in [3.05, 3.63) is 35.2 Å². The number of anilines is 2. The summed E-state index contributed by atoms with van der Waals surface area (Å²) in [5.74, 6) is 0. The minimum atomic E-state index is 0.126. The van der Waals surface area contributed by atoms with E-state index in [-0.39, 0.29) is 6.61 Å². The van der Waals surface area contributed by atoms with Gasteiger partial charge in [-0.05, 0) is 18.1 Å². The molecule has 4 heteroatoms. The van der Waals surface area contributed by atoms with Crippen LogP contribution in [0.1, 0.15) is 5.56 Å². The monoisotopic (exact) mass is 262 g/mol. The van der Waals surface area contributed by atoms with Crippen LogP contribution < -0.4 is 10.6 Å². The molecule has 18 heavy (non-hydrogen) atoms. The van der Waals surface area contributed by atoms with Crippen LogP contribution in [0.25, 0.3) is 10.4 Å². The van der Waals surface area contributed by atoms with E-state index in [1.54, 1.807) is 11.3 Å². The Hall–Kier alpha value is -1.52. The van der Waals surface area contributed by atoms with E-state index in [0.29, 0.717) is 6.42 Å². The number of hydrogen-bond donors (Lipinski definition) is 2. The summed E-state index contributed by atoms with van der Waals surface area (Å²) in [6, 6.07) is 8.13. The maximum atomic E-state index is 9.02. The Morgan fingerprint density at radius 1 is 1.33 bits per heavy atom. The standard InChI is InChI=1S/C14H18N2OS/c1-16(2)11-8-13(18-9-11)12-5-3-4-10(6-7-17)14(12)15/h3-5,8-9,17H,6-7,15H2,1-2H3. The Bertz CT molecular complexity index is 534. The van der Waals surface area contributed by atoms with Crippen molar-refractivity contribution in [2.45, 2.75) is 6.42 Å². The van der Waals surface area contributed by atoms with Crippen LogP contribution in [0.15, 0.2) is 29.6 Å². The molecule has 0 aliphatic heterocycles. The van der Waals surface area contributed by atoms with Crippen LogP contribution in [-0.4, -0.2) is 25.8 Å². The van der Waals surface area contributed by atoms with Gasteiger partial charge in [0.25, 0.3) is 0 Å². The van der Waals surface area contributed by atoms with Gasteiger partial charge in [0.1, 0.15) is 0 Å². The highest BCUT2D eigenvalue weighted by atomic mass is 32.1. The fourth-order valence-electron chi connectivity index (χ4n) is 1.87. The summed E-state index contributed by atoms with van der Waals surface area (Å²) in [4.78, 5) is 3.24. The molecule has 2 rings (SSSR count). The molecule has 0 saturated carbocycles. The molecule has 0 radical (unpaired) electrons. The van der Waals surface area contributed by atoms with Crippen molar-refractivity contribution in [2.75, 3.05) is 31.3 Å². The van der Waals surface area contributed by atoms with Crippen LogP contribution in [0, 0.1) is 0 Å². The van der Waals surface area contributed by atoms with Crippen molar-refractivity contribution >= 4 is 22.7 Å². The van der Waals surface area contributed by atoms with Crippen LogP contribution in [-0.2, 0) is 6.42 Å². The third-order valence-corrected chi connectivity index (χ3v) is 3.90. The van der Waals surface area contributed by atoms with E-state index < -0.39 is 0 Å². The largest absolute Gasteiger partial charge is 0.398 e. The normalized spacial score (nSPS) is 10.6. The van der Waals surface area contributed by atoms with Crippen molar-refractivity contribution < 1.29 is 5.11 Å². The SMILES string of the molecule is CN(C)c1csc(-c2cccc(CCO)c2N)c1. The first-order valence-corrected chi connectivity index (χ1v) is 6.76. The molecule has 0 fully saturated rings. The highest BCUT2D eigenvalue weighted by molar-refractivity contribution is 7.14. The van der Waals surface area contributed by atoms with E-state index in [0.717, 1.165) is 21.7 Å². The number of hydrogen-bond acceptors (Lipinski definition) is 4. The van der Waals surface area contributed by atoms with Gasteiger partial charge in [-0.3, -0.25) is 0 Å². The Morgan fingerprint density at radius 3 is 2.72 bits per heavy atom. The predicted octanol–water partition coefficient (Wildman–Crippen LogP) is 2.60. The van der Waals surface area contributed by atoms with E-state index in [2.05, 4.69) is 16.3 Å². The van der Waals surface area contributed by atoms with Gasteiger partial charge in [-0.2, -0.15) is 0 Å². The third-order valence-electron chi connectivity index (χ3n) is 2.95. The second kappa shape index (κ2) is 5.42. The number of nitrogens with two attached hydrogens (primary N) is 1. The van der Waals surface area contributed by atoms with Gasteiger partial charge < -0.3 is 15.7 Å². The average molecular weight is 262 g/mol. The maximum Gasteiger partial charge on any atom is 0.0476 e. The quantitative estimate of drug-likeness (QED) is 0.833. The Kier molecular flexibility index (Phi) is 3.89. The van der Waals surface area contributed by atoms with Crippen molar-refractivity contribution in [2.24, 2.45) is 0 Å². The average Bonchev–Trinajstić information content (AvgIpc) is 2.81. The first kappa shape index (κ1) is 12.9. The third kappa shape index (κ3) is 2.49. The summed E-state index contributed by atoms with van der Waals surface area (Å²) in [5.41, 5.74) is 10.2. The molecule has 0 aliphatic carbocycles. The van der Waals surface area contributed by atoms with Crippen LogP contribution in [0.2, 0.25) is 0 Å². The molecular weight excluding hydrogens is 244 g/mol. The summed E-state index contributed by atoms with van der Waals surface area (Å²) >= 11 is 1.69. The molecule has 1 heterocycles. The van der Waals surface area contributed by atoms with Crippen LogP contribution in [0.5, 0.6) is 0 Å². The van der Waals surface area contributed by atoms with Gasteiger partial charge in [-0.15, -0.1) is 11.3 Å². The molecule has 96 valence electrons. The second-order valence-corrected chi connectivity index (χ2v) is 5.33. The lowest BCUT2D eigenvalue weighted by Gasteiger charge is -2.10. The highest BCUT2D eigenvalue weighted by Gasteiger charge is 2.09. The molecule has 0 atom stereocenters. The molecule has 0 spiro atoms. The molecule has 1 aromatic carbocycles. The first-order chi connectivity index (χ1) is 8.63. The first-order valence-electron chi connectivity index (χ1n) is 5.88. The smallest absolute Gasteiger partial charge is 0.0476 e. The lowest BCUT2D eigenvalue weighted by atomic mass is 10.0. The van der Waals surface area contributed by atoms with Gasteiger partial charge in [0, 0.05) is 47.9 Å². The van der Waals surface area contributed by atoms with Crippen LogP contribution in [0.4, 0.5) is 11.4 Å². The summed E-state index contributed by atoms with van der Waals surface area (Å²) in [7, 11) is 4.05. The topological polar surface area (TPSA) is 49.5 Å². The molecule has 2 aromatic rings. The zero-order valence-electron chi connectivity index (χ0n) is 10.7. The van der Waals surface area contributed by atoms with Gasteiger partial charge in [0.05, 0.1) is 0 Å². The molecule has 3 nitrogen and oxygen atoms in total. The van der Waals surface area contributed by atoms with Crippen molar-refractivity contribution in [3.8, 4) is 10.4 Å². The van der Waals surface area contributed by atoms with Crippen LogP contribution in [0.3, 0.4) is 0 Å². The molecule has 0 saturated heterocycles. The molecule has 1 aromatic heterocycles. The van der Waals surface area contributed by atoms with Crippen molar-refractivity contribution in [3.63, 3.8) is 0 Å². The van der Waals surface area contributed by atoms with Crippen LogP contribution >= 0.6 is 11.3 Å². The Morgan fingerprint density at radius 2 is 2.11 bits per heavy atom. The van der Waals surface area contributed by atoms with Gasteiger partial charge in [-0.25, -0.2) is 0 Å². The minimum absolute atomic E-state index is 0.126. The minimum Gasteiger partial charge on any atom is -0.398 e. The van der Waals surface area contributed by atoms with E-state index in [1.165, 1.54) is 5.69 Å². The lowest BCUT2D eigenvalue weighted by molar-refractivity contribution is 0.300. The van der Waals surface area contributed by atoms with E-state index >= 15 is 0 Å². The number of nitrogen functional groups attached to an aromatic ring is 1. The van der Waals surface area contributed by atoms with E-state index in [9.17, 15) is 0 Å². The van der Waals surface area contributed by atoms with Crippen molar-refractivity contribution in [1.29, 1.82) is 0 Å². The molecular formula is C14H18N2OS. The zero-order valence-corrected chi connectivity index (χ0v) is 11.5. The van der Waals surface area contributed by atoms with Gasteiger partial charge in [-0.1, -0.05) is 18.2 Å². The number of benzene rings is 1. The number of para-hydroxylation sites is 1. The summed E-state index contributed by atoms with van der Waals surface area (Å²) in [6.45, 7) is 0.126. The predicted molar refractivity (Wildman–Crippen MR) is 79.3 cm³/mol. The van der Waals surface area contributed by atoms with Gasteiger partial charge in [0.15, 0.2) is 0 Å². The summed E-state index contributed by atoms with van der Waals surface area (Å²) < 4.78 is 0. The molecule has 3 N–H and O–H groups in total. The number of aliphatic hydroxyl groups excluding tert-OH is 1. The molecule has 0 bridgehead atoms. The fraction of sp³-hybridized carbons (Fsp3) is 0.286. The van der Waals surface area contributed by atoms with Crippen molar-refractivity contribution in [1.82, 2.24) is 0 Å². The highest BCUT2D eigenvalue weighted by Crippen LogP contribution is 2.35. The molecule has 0 amide bonds. The maximum absolute atomic E-state index is 9.02. The summed E-state index contributed by atoms with van der Waals surface area (Å²) in [6.07, 6.45) is 0.603. The fourth-order valence-corrected chi connectivity index (χ4v) is 2.89. The van der Waals surface area contributed by atoms with E-state index in [4.69, 9.17) is 10.8 Å². The van der Waals surface area contributed by atoms with Gasteiger partial charge >= 0.3 is 0 Å². The number of thiophene rings is 1. The van der Waals surface area contributed by atoms with Gasteiger partial charge in [0.2, 0.25) is 0 Å². The van der Waals surface area contributed by atoms with E-state index in [1.807, 2.05) is 32.3 Å². The molecule has 0 unspecified atom stereocenters. The number of aliphatic hydroxyl groups is 1. The molecule has 0 aliphatic rings.